The van der Waals surface area contributed by atoms with Crippen molar-refractivity contribution in [3.8, 4) is 16.9 Å². The van der Waals surface area contributed by atoms with Crippen molar-refractivity contribution in [1.29, 1.82) is 0 Å². The summed E-state index contributed by atoms with van der Waals surface area (Å²) in [5, 5.41) is 10.2. The third-order valence-corrected chi connectivity index (χ3v) is 5.98. The van der Waals surface area contributed by atoms with Crippen molar-refractivity contribution in [3.63, 3.8) is 0 Å². The van der Waals surface area contributed by atoms with E-state index in [9.17, 15) is 14.0 Å². The molecule has 188 valence electrons. The van der Waals surface area contributed by atoms with Gasteiger partial charge in [-0.2, -0.15) is 0 Å². The Bertz CT molecular complexity index is 1470. The van der Waals surface area contributed by atoms with Gasteiger partial charge in [0.05, 0.1) is 17.8 Å². The lowest BCUT2D eigenvalue weighted by atomic mass is 10.0. The average molecular weight is 502 g/mol. The second-order valence-corrected chi connectivity index (χ2v) is 8.50. The zero-order chi connectivity index (χ0) is 25.8. The molecule has 2 aromatic heterocycles. The Morgan fingerprint density at radius 3 is 2.84 bits per heavy atom. The maximum Gasteiger partial charge on any atom is 0.268 e. The molecule has 5 rings (SSSR count). The monoisotopic (exact) mass is 501 g/mol. The molecule has 1 unspecified atom stereocenters. The summed E-state index contributed by atoms with van der Waals surface area (Å²) >= 11 is 0. The Morgan fingerprint density at radius 1 is 1.16 bits per heavy atom. The van der Waals surface area contributed by atoms with Crippen molar-refractivity contribution in [3.05, 3.63) is 84.1 Å². The normalized spacial score (nSPS) is 14.6. The van der Waals surface area contributed by atoms with Crippen LogP contribution in [-0.2, 0) is 4.84 Å². The van der Waals surface area contributed by atoms with E-state index in [4.69, 9.17) is 9.57 Å². The number of halogens is 1. The Morgan fingerprint density at radius 2 is 2.03 bits per heavy atom. The predicted octanol–water partition coefficient (Wildman–Crippen LogP) is 3.68. The van der Waals surface area contributed by atoms with Crippen LogP contribution in [0.25, 0.3) is 22.0 Å². The second kappa shape index (κ2) is 10.5. The summed E-state index contributed by atoms with van der Waals surface area (Å²) in [6, 6.07) is 15.2. The molecule has 4 aromatic rings. The molecule has 3 heterocycles. The summed E-state index contributed by atoms with van der Waals surface area (Å²) in [5.41, 5.74) is 3.22. The Kier molecular flexibility index (Phi) is 6.80. The molecule has 0 spiro atoms. The third-order valence-electron chi connectivity index (χ3n) is 5.98. The average Bonchev–Trinajstić information content (AvgIpc) is 3.57. The molecule has 0 saturated heterocycles. The molecule has 2 amide bonds. The van der Waals surface area contributed by atoms with Crippen LogP contribution in [0.4, 0.5) is 4.39 Å². The molecule has 1 aliphatic heterocycles. The molecule has 0 aliphatic carbocycles. The number of carbonyl (C=O) groups excluding carboxylic acids is 2. The van der Waals surface area contributed by atoms with Crippen molar-refractivity contribution >= 4 is 28.4 Å². The van der Waals surface area contributed by atoms with Gasteiger partial charge in [0.2, 0.25) is 0 Å². The SMILES string of the molecule is CNC(=O)c1ccc(-c2ccccc2OCC2CC(CNC(=O)c3cc4cnccc4[nH]3)=NO2)cc1F. The number of nitrogens with zero attached hydrogens (tertiary/aromatic N) is 2. The highest BCUT2D eigenvalue weighted by atomic mass is 19.1. The molecular weight excluding hydrogens is 477 g/mol. The highest BCUT2D eigenvalue weighted by Gasteiger charge is 2.23. The first kappa shape index (κ1) is 24.0. The summed E-state index contributed by atoms with van der Waals surface area (Å²) in [6.45, 7) is 0.461. The van der Waals surface area contributed by atoms with E-state index in [-0.39, 0.29) is 30.7 Å². The van der Waals surface area contributed by atoms with Crippen molar-refractivity contribution in [1.82, 2.24) is 20.6 Å². The molecule has 0 fully saturated rings. The van der Waals surface area contributed by atoms with Gasteiger partial charge in [0.1, 0.15) is 23.9 Å². The fourth-order valence-electron chi connectivity index (χ4n) is 4.07. The third kappa shape index (κ3) is 5.27. The number of rotatable bonds is 8. The topological polar surface area (TPSA) is 118 Å². The van der Waals surface area contributed by atoms with Crippen LogP contribution in [0.2, 0.25) is 0 Å². The van der Waals surface area contributed by atoms with Gasteiger partial charge >= 0.3 is 0 Å². The lowest BCUT2D eigenvalue weighted by Crippen LogP contribution is -2.30. The van der Waals surface area contributed by atoms with Crippen molar-refractivity contribution < 1.29 is 23.6 Å². The number of nitrogens with one attached hydrogen (secondary N) is 3. The largest absolute Gasteiger partial charge is 0.489 e. The first-order valence-electron chi connectivity index (χ1n) is 11.7. The van der Waals surface area contributed by atoms with E-state index < -0.39 is 11.7 Å². The standard InChI is InChI=1S/C27H24FN5O4/c1-29-26(34)21-7-6-16(10-22(21)28)20-4-2-3-5-25(20)36-15-19-12-18(33-37-19)14-31-27(35)24-11-17-13-30-9-8-23(17)32-24/h2-11,13,19,32H,12,14-15H2,1H3,(H,29,34)(H,31,35). The molecule has 10 heteroatoms. The van der Waals surface area contributed by atoms with E-state index in [0.717, 1.165) is 10.9 Å². The van der Waals surface area contributed by atoms with Gasteiger partial charge in [0, 0.05) is 42.3 Å². The van der Waals surface area contributed by atoms with Crippen molar-refractivity contribution in [2.45, 2.75) is 12.5 Å². The van der Waals surface area contributed by atoms with Gasteiger partial charge in [0.15, 0.2) is 6.10 Å². The van der Waals surface area contributed by atoms with E-state index in [0.29, 0.717) is 34.7 Å². The van der Waals surface area contributed by atoms with Crippen LogP contribution in [0.15, 0.2) is 72.1 Å². The molecule has 3 N–H and O–H groups in total. The number of hydrogen-bond acceptors (Lipinski definition) is 6. The molecule has 0 bridgehead atoms. The number of oxime groups is 1. The van der Waals surface area contributed by atoms with Gasteiger partial charge in [-0.25, -0.2) is 4.39 Å². The number of para-hydroxylation sites is 1. The summed E-state index contributed by atoms with van der Waals surface area (Å²) < 4.78 is 20.5. The lowest BCUT2D eigenvalue weighted by Gasteiger charge is -2.14. The fourth-order valence-corrected chi connectivity index (χ4v) is 4.07. The zero-order valence-corrected chi connectivity index (χ0v) is 20.0. The Labute approximate surface area is 211 Å². The van der Waals surface area contributed by atoms with Gasteiger partial charge in [-0.05, 0) is 35.9 Å². The van der Waals surface area contributed by atoms with E-state index in [1.54, 1.807) is 36.7 Å². The molecule has 0 saturated carbocycles. The number of pyridine rings is 1. The zero-order valence-electron chi connectivity index (χ0n) is 20.0. The first-order valence-corrected chi connectivity index (χ1v) is 11.7. The fraction of sp³-hybridized carbons (Fsp3) is 0.185. The minimum absolute atomic E-state index is 0.0256. The van der Waals surface area contributed by atoms with E-state index in [2.05, 4.69) is 25.8 Å². The summed E-state index contributed by atoms with van der Waals surface area (Å²) in [5.74, 6) is -0.803. The highest BCUT2D eigenvalue weighted by molar-refractivity contribution is 6.00. The van der Waals surface area contributed by atoms with Gasteiger partial charge in [-0.15, -0.1) is 0 Å². The van der Waals surface area contributed by atoms with Crippen molar-refractivity contribution in [2.24, 2.45) is 5.16 Å². The van der Waals surface area contributed by atoms with Gasteiger partial charge in [-0.3, -0.25) is 14.6 Å². The molecule has 9 nitrogen and oxygen atoms in total. The number of aromatic nitrogens is 2. The first-order chi connectivity index (χ1) is 18.0. The maximum atomic E-state index is 14.5. The Hall–Kier alpha value is -4.73. The van der Waals surface area contributed by atoms with Crippen LogP contribution in [-0.4, -0.2) is 53.8 Å². The Balaban J connectivity index is 1.16. The predicted molar refractivity (Wildman–Crippen MR) is 136 cm³/mol. The number of hydrogen-bond donors (Lipinski definition) is 3. The highest BCUT2D eigenvalue weighted by Crippen LogP contribution is 2.31. The van der Waals surface area contributed by atoms with Gasteiger partial charge < -0.3 is 25.2 Å². The number of benzene rings is 2. The molecule has 1 atom stereocenters. The molecule has 2 aromatic carbocycles. The van der Waals surface area contributed by atoms with Gasteiger partial charge in [0.25, 0.3) is 11.8 Å². The van der Waals surface area contributed by atoms with Gasteiger partial charge in [-0.1, -0.05) is 29.4 Å². The molecule has 0 radical (unpaired) electrons. The van der Waals surface area contributed by atoms with Crippen LogP contribution in [0.1, 0.15) is 27.3 Å². The van der Waals surface area contributed by atoms with Crippen molar-refractivity contribution in [2.75, 3.05) is 20.2 Å². The molecular formula is C27H24FN5O4. The number of ether oxygens (including phenoxy) is 1. The van der Waals surface area contributed by atoms with Crippen LogP contribution in [0.5, 0.6) is 5.75 Å². The lowest BCUT2D eigenvalue weighted by molar-refractivity contribution is 0.0472. The molecule has 37 heavy (non-hydrogen) atoms. The van der Waals surface area contributed by atoms with E-state index in [1.165, 1.54) is 19.2 Å². The number of H-pyrrole nitrogens is 1. The van der Waals surface area contributed by atoms with Crippen LogP contribution in [0.3, 0.4) is 0 Å². The maximum absolute atomic E-state index is 14.5. The summed E-state index contributed by atoms with van der Waals surface area (Å²) in [6.07, 6.45) is 3.52. The second-order valence-electron chi connectivity index (χ2n) is 8.50. The molecule has 1 aliphatic rings. The quantitative estimate of drug-likeness (QED) is 0.341. The van der Waals surface area contributed by atoms with Crippen LogP contribution < -0.4 is 15.4 Å². The smallest absolute Gasteiger partial charge is 0.268 e. The van der Waals surface area contributed by atoms with Crippen LogP contribution in [0, 0.1) is 5.82 Å². The van der Waals surface area contributed by atoms with Crippen LogP contribution >= 0.6 is 0 Å². The van der Waals surface area contributed by atoms with E-state index >= 15 is 0 Å². The minimum atomic E-state index is -0.616. The number of carbonyl (C=O) groups is 2. The number of aromatic amines is 1. The summed E-state index contributed by atoms with van der Waals surface area (Å²) in [4.78, 5) is 36.9. The number of fused-ring (bicyclic) bond motifs is 1. The minimum Gasteiger partial charge on any atom is -0.489 e. The van der Waals surface area contributed by atoms with E-state index in [1.807, 2.05) is 18.2 Å². The number of amides is 2. The summed E-state index contributed by atoms with van der Waals surface area (Å²) in [7, 11) is 1.45.